The molecule has 0 saturated heterocycles. The monoisotopic (exact) mass is 282 g/mol. The number of rotatable bonds is 2. The van der Waals surface area contributed by atoms with E-state index in [-0.39, 0.29) is 5.82 Å². The van der Waals surface area contributed by atoms with Crippen LogP contribution < -0.4 is 10.2 Å². The summed E-state index contributed by atoms with van der Waals surface area (Å²) in [6, 6.07) is 11.8. The zero-order valence-corrected chi connectivity index (χ0v) is 12.0. The normalized spacial score (nSPS) is 16.3. The van der Waals surface area contributed by atoms with E-state index in [0.717, 1.165) is 38.2 Å². The van der Waals surface area contributed by atoms with Crippen molar-refractivity contribution in [1.82, 2.24) is 0 Å². The molecule has 0 aliphatic carbocycles. The van der Waals surface area contributed by atoms with Crippen molar-refractivity contribution < 1.29 is 4.39 Å². The average molecular weight is 282 g/mol. The lowest BCUT2D eigenvalue weighted by atomic mass is 10.0. The molecule has 3 heteroatoms. The van der Waals surface area contributed by atoms with Gasteiger partial charge >= 0.3 is 0 Å². The summed E-state index contributed by atoms with van der Waals surface area (Å²) in [6.07, 6.45) is 3.37. The highest BCUT2D eigenvalue weighted by Gasteiger charge is 2.20. The van der Waals surface area contributed by atoms with Gasteiger partial charge in [0.05, 0.1) is 0 Å². The molecule has 2 aromatic carbocycles. The molecule has 0 atom stereocenters. The lowest BCUT2D eigenvalue weighted by molar-refractivity contribution is 0.627. The Hall–Kier alpha value is -2.03. The zero-order chi connectivity index (χ0) is 14.2. The summed E-state index contributed by atoms with van der Waals surface area (Å²) >= 11 is 0. The van der Waals surface area contributed by atoms with Crippen molar-refractivity contribution in [2.24, 2.45) is 0 Å². The first-order valence-corrected chi connectivity index (χ1v) is 7.69. The molecule has 0 radical (unpaired) electrons. The number of hydrogen-bond donors (Lipinski definition) is 1. The van der Waals surface area contributed by atoms with Crippen LogP contribution in [0.4, 0.5) is 15.8 Å². The Labute approximate surface area is 124 Å². The maximum Gasteiger partial charge on any atom is 0.125 e. The number of benzene rings is 2. The Morgan fingerprint density at radius 3 is 2.95 bits per heavy atom. The molecule has 2 nitrogen and oxygen atoms in total. The first kappa shape index (κ1) is 12.7. The molecular formula is C18H19FN2. The van der Waals surface area contributed by atoms with E-state index in [1.54, 1.807) is 12.1 Å². The summed E-state index contributed by atoms with van der Waals surface area (Å²) in [7, 11) is 0. The minimum absolute atomic E-state index is 0.143. The summed E-state index contributed by atoms with van der Waals surface area (Å²) in [5.41, 5.74) is 6.33. The third kappa shape index (κ3) is 2.37. The summed E-state index contributed by atoms with van der Waals surface area (Å²) in [6.45, 7) is 2.92. The van der Waals surface area contributed by atoms with E-state index in [1.807, 2.05) is 6.07 Å². The zero-order valence-electron chi connectivity index (χ0n) is 12.0. The highest BCUT2D eigenvalue weighted by molar-refractivity contribution is 5.59. The molecule has 2 aliphatic heterocycles. The Kier molecular flexibility index (Phi) is 3.06. The van der Waals surface area contributed by atoms with E-state index in [1.165, 1.54) is 28.8 Å². The van der Waals surface area contributed by atoms with Gasteiger partial charge in [-0.1, -0.05) is 18.2 Å². The fourth-order valence-corrected chi connectivity index (χ4v) is 3.43. The molecule has 0 bridgehead atoms. The molecule has 2 aliphatic rings. The molecule has 0 unspecified atom stereocenters. The van der Waals surface area contributed by atoms with Crippen LogP contribution in [-0.2, 0) is 19.4 Å². The summed E-state index contributed by atoms with van der Waals surface area (Å²) in [5, 5.41) is 3.44. The summed E-state index contributed by atoms with van der Waals surface area (Å²) in [4.78, 5) is 2.29. The molecule has 108 valence electrons. The van der Waals surface area contributed by atoms with Gasteiger partial charge in [0.25, 0.3) is 0 Å². The maximum atomic E-state index is 13.5. The van der Waals surface area contributed by atoms with Gasteiger partial charge in [0.2, 0.25) is 0 Å². The van der Waals surface area contributed by atoms with Gasteiger partial charge in [0, 0.05) is 31.0 Å². The van der Waals surface area contributed by atoms with Crippen LogP contribution >= 0.6 is 0 Å². The minimum Gasteiger partial charge on any atom is -0.385 e. The predicted molar refractivity (Wildman–Crippen MR) is 84.4 cm³/mol. The fourth-order valence-electron chi connectivity index (χ4n) is 3.43. The van der Waals surface area contributed by atoms with Crippen LogP contribution in [0.3, 0.4) is 0 Å². The number of anilines is 2. The molecule has 0 fully saturated rings. The molecule has 2 aromatic rings. The average Bonchev–Trinajstić information content (AvgIpc) is 2.89. The molecule has 1 N–H and O–H groups in total. The number of fused-ring (bicyclic) bond motifs is 2. The van der Waals surface area contributed by atoms with E-state index in [2.05, 4.69) is 28.4 Å². The Balaban J connectivity index is 1.59. The lowest BCUT2D eigenvalue weighted by Gasteiger charge is -2.22. The van der Waals surface area contributed by atoms with Crippen molar-refractivity contribution in [2.45, 2.75) is 25.8 Å². The van der Waals surface area contributed by atoms with Crippen LogP contribution in [0, 0.1) is 5.82 Å². The van der Waals surface area contributed by atoms with Gasteiger partial charge in [-0.05, 0) is 54.2 Å². The van der Waals surface area contributed by atoms with E-state index < -0.39 is 0 Å². The first-order valence-electron chi connectivity index (χ1n) is 7.69. The van der Waals surface area contributed by atoms with Gasteiger partial charge in [-0.2, -0.15) is 0 Å². The molecule has 0 spiro atoms. The van der Waals surface area contributed by atoms with Crippen molar-refractivity contribution in [3.05, 3.63) is 58.9 Å². The molecule has 0 aromatic heterocycles. The number of halogens is 1. The van der Waals surface area contributed by atoms with Gasteiger partial charge in [0.1, 0.15) is 5.82 Å². The van der Waals surface area contributed by atoms with Gasteiger partial charge in [-0.25, -0.2) is 4.39 Å². The Morgan fingerprint density at radius 2 is 2.00 bits per heavy atom. The van der Waals surface area contributed by atoms with Crippen molar-refractivity contribution in [1.29, 1.82) is 0 Å². The third-order valence-electron chi connectivity index (χ3n) is 4.52. The standard InChI is InChI=1S/C18H19FN2/c19-16-5-4-14-7-9-21(18(14)11-16)12-13-3-6-17-15(10-13)2-1-8-20-17/h3-6,10-11,20H,1-2,7-9,12H2. The molecule has 2 heterocycles. The second kappa shape index (κ2) is 5.06. The number of hydrogen-bond acceptors (Lipinski definition) is 2. The highest BCUT2D eigenvalue weighted by atomic mass is 19.1. The number of nitrogens with zero attached hydrogens (tertiary/aromatic N) is 1. The largest absolute Gasteiger partial charge is 0.385 e. The Bertz CT molecular complexity index is 681. The molecule has 0 saturated carbocycles. The van der Waals surface area contributed by atoms with E-state index in [4.69, 9.17) is 0 Å². The van der Waals surface area contributed by atoms with E-state index in [9.17, 15) is 4.39 Å². The van der Waals surface area contributed by atoms with Gasteiger partial charge in [-0.15, -0.1) is 0 Å². The number of aryl methyl sites for hydroxylation is 1. The molecule has 4 rings (SSSR count). The summed E-state index contributed by atoms with van der Waals surface area (Å²) < 4.78 is 13.5. The second-order valence-electron chi connectivity index (χ2n) is 5.97. The van der Waals surface area contributed by atoms with Crippen LogP contribution in [-0.4, -0.2) is 13.1 Å². The van der Waals surface area contributed by atoms with Gasteiger partial charge in [0.15, 0.2) is 0 Å². The molecule has 0 amide bonds. The third-order valence-corrected chi connectivity index (χ3v) is 4.52. The lowest BCUT2D eigenvalue weighted by Crippen LogP contribution is -2.20. The fraction of sp³-hybridized carbons (Fsp3) is 0.333. The minimum atomic E-state index is -0.143. The van der Waals surface area contributed by atoms with Crippen LogP contribution in [0.15, 0.2) is 36.4 Å². The van der Waals surface area contributed by atoms with Crippen molar-refractivity contribution >= 4 is 11.4 Å². The summed E-state index contributed by atoms with van der Waals surface area (Å²) in [5.74, 6) is -0.143. The van der Waals surface area contributed by atoms with E-state index >= 15 is 0 Å². The molecule has 21 heavy (non-hydrogen) atoms. The van der Waals surface area contributed by atoms with E-state index in [0.29, 0.717) is 0 Å². The van der Waals surface area contributed by atoms with Crippen LogP contribution in [0.2, 0.25) is 0 Å². The number of nitrogens with one attached hydrogen (secondary N) is 1. The van der Waals surface area contributed by atoms with Gasteiger partial charge in [-0.3, -0.25) is 0 Å². The van der Waals surface area contributed by atoms with Crippen LogP contribution in [0.5, 0.6) is 0 Å². The van der Waals surface area contributed by atoms with Crippen molar-refractivity contribution in [2.75, 3.05) is 23.3 Å². The van der Waals surface area contributed by atoms with Crippen molar-refractivity contribution in [3.8, 4) is 0 Å². The van der Waals surface area contributed by atoms with Crippen LogP contribution in [0.1, 0.15) is 23.1 Å². The highest BCUT2D eigenvalue weighted by Crippen LogP contribution is 2.31. The first-order chi connectivity index (χ1) is 10.3. The smallest absolute Gasteiger partial charge is 0.125 e. The predicted octanol–water partition coefficient (Wildman–Crippen LogP) is 3.75. The van der Waals surface area contributed by atoms with Crippen LogP contribution in [0.25, 0.3) is 0 Å². The quantitative estimate of drug-likeness (QED) is 0.902. The van der Waals surface area contributed by atoms with Crippen molar-refractivity contribution in [3.63, 3.8) is 0 Å². The molecular weight excluding hydrogens is 263 g/mol. The maximum absolute atomic E-state index is 13.5. The topological polar surface area (TPSA) is 15.3 Å². The Morgan fingerprint density at radius 1 is 1.05 bits per heavy atom. The second-order valence-corrected chi connectivity index (χ2v) is 5.97. The van der Waals surface area contributed by atoms with Gasteiger partial charge < -0.3 is 10.2 Å². The SMILES string of the molecule is Fc1ccc2c(c1)N(Cc1ccc3c(c1)CCCN3)CC2.